The number of rotatable bonds is 2. The Balaban J connectivity index is 2.22. The third-order valence-corrected chi connectivity index (χ3v) is 3.42. The van der Waals surface area contributed by atoms with Crippen molar-refractivity contribution in [3.8, 4) is 11.3 Å². The van der Waals surface area contributed by atoms with Crippen molar-refractivity contribution in [2.75, 3.05) is 7.05 Å². The highest BCUT2D eigenvalue weighted by Gasteiger charge is 2.14. The van der Waals surface area contributed by atoms with Gasteiger partial charge in [-0.3, -0.25) is 4.79 Å². The van der Waals surface area contributed by atoms with Crippen LogP contribution in [0.4, 0.5) is 8.78 Å². The molecule has 1 heterocycles. The molecule has 1 amide bonds. The first-order valence-corrected chi connectivity index (χ1v) is 6.68. The second-order valence-corrected chi connectivity index (χ2v) is 4.74. The Bertz CT molecular complexity index is 857. The zero-order valence-electron chi connectivity index (χ0n) is 11.7. The zero-order chi connectivity index (χ0) is 15.7. The molecule has 22 heavy (non-hydrogen) atoms. The van der Waals surface area contributed by atoms with E-state index in [0.717, 1.165) is 0 Å². The van der Waals surface area contributed by atoms with E-state index < -0.39 is 11.6 Å². The summed E-state index contributed by atoms with van der Waals surface area (Å²) in [5.41, 5.74) is 0.987. The van der Waals surface area contributed by atoms with Gasteiger partial charge < -0.3 is 5.32 Å². The van der Waals surface area contributed by atoms with E-state index in [9.17, 15) is 13.6 Å². The van der Waals surface area contributed by atoms with Crippen LogP contribution < -0.4 is 5.32 Å². The Morgan fingerprint density at radius 1 is 1.00 bits per heavy atom. The molecule has 0 radical (unpaired) electrons. The molecule has 0 atom stereocenters. The number of hydrogen-bond acceptors (Lipinski definition) is 2. The maximum Gasteiger partial charge on any atom is 0.251 e. The number of nitrogens with one attached hydrogen (secondary N) is 1. The van der Waals surface area contributed by atoms with Crippen LogP contribution in [0.2, 0.25) is 0 Å². The minimum Gasteiger partial charge on any atom is -0.355 e. The highest BCUT2D eigenvalue weighted by atomic mass is 19.1. The number of fused-ring (bicyclic) bond motifs is 1. The lowest BCUT2D eigenvalue weighted by Gasteiger charge is -2.08. The molecule has 3 rings (SSSR count). The molecule has 0 unspecified atom stereocenters. The van der Waals surface area contributed by atoms with Gasteiger partial charge in [-0.15, -0.1) is 0 Å². The minimum absolute atomic E-state index is 0.172. The van der Waals surface area contributed by atoms with Crippen molar-refractivity contribution in [2.24, 2.45) is 0 Å². The second-order valence-electron chi connectivity index (χ2n) is 4.74. The fourth-order valence-electron chi connectivity index (χ4n) is 2.37. The van der Waals surface area contributed by atoms with Gasteiger partial charge in [0.15, 0.2) is 0 Å². The Hall–Kier alpha value is -2.82. The first kappa shape index (κ1) is 14.1. The molecule has 0 aliphatic rings. The van der Waals surface area contributed by atoms with Crippen molar-refractivity contribution in [1.29, 1.82) is 0 Å². The Labute approximate surface area is 125 Å². The molecule has 3 aromatic rings. The van der Waals surface area contributed by atoms with E-state index in [2.05, 4.69) is 10.3 Å². The lowest BCUT2D eigenvalue weighted by atomic mass is 10.0. The summed E-state index contributed by atoms with van der Waals surface area (Å²) in [4.78, 5) is 16.1. The monoisotopic (exact) mass is 298 g/mol. The molecule has 0 aliphatic heterocycles. The molecule has 5 heteroatoms. The molecule has 0 saturated heterocycles. The average Bonchev–Trinajstić information content (AvgIpc) is 2.53. The quantitative estimate of drug-likeness (QED) is 0.786. The van der Waals surface area contributed by atoms with Crippen molar-refractivity contribution in [1.82, 2.24) is 10.3 Å². The van der Waals surface area contributed by atoms with Gasteiger partial charge in [-0.25, -0.2) is 13.8 Å². The highest BCUT2D eigenvalue weighted by molar-refractivity contribution is 6.06. The highest BCUT2D eigenvalue weighted by Crippen LogP contribution is 2.27. The summed E-state index contributed by atoms with van der Waals surface area (Å²) < 4.78 is 27.7. The van der Waals surface area contributed by atoms with Gasteiger partial charge in [-0.2, -0.15) is 0 Å². The van der Waals surface area contributed by atoms with Gasteiger partial charge in [0.25, 0.3) is 5.91 Å². The van der Waals surface area contributed by atoms with Gasteiger partial charge >= 0.3 is 0 Å². The number of carbonyl (C=O) groups excluding carboxylic acids is 1. The largest absolute Gasteiger partial charge is 0.355 e. The first-order chi connectivity index (χ1) is 10.6. The first-order valence-electron chi connectivity index (χ1n) is 6.68. The Morgan fingerprint density at radius 2 is 1.68 bits per heavy atom. The third-order valence-electron chi connectivity index (χ3n) is 3.42. The SMILES string of the molecule is CNC(=O)c1cccc2nc(-c3c(F)cccc3F)ccc12. The van der Waals surface area contributed by atoms with Gasteiger partial charge in [0.2, 0.25) is 0 Å². The van der Waals surface area contributed by atoms with E-state index in [1.807, 2.05) is 0 Å². The summed E-state index contributed by atoms with van der Waals surface area (Å²) in [5, 5.41) is 3.18. The average molecular weight is 298 g/mol. The maximum atomic E-state index is 13.9. The van der Waals surface area contributed by atoms with Crippen LogP contribution in [0.1, 0.15) is 10.4 Å². The van der Waals surface area contributed by atoms with Crippen LogP contribution in [-0.2, 0) is 0 Å². The summed E-state index contributed by atoms with van der Waals surface area (Å²) in [6.45, 7) is 0. The van der Waals surface area contributed by atoms with Crippen LogP contribution in [0.5, 0.6) is 0 Å². The minimum atomic E-state index is -0.672. The molecule has 0 saturated carbocycles. The normalized spacial score (nSPS) is 10.7. The van der Waals surface area contributed by atoms with E-state index >= 15 is 0 Å². The predicted molar refractivity (Wildman–Crippen MR) is 80.5 cm³/mol. The lowest BCUT2D eigenvalue weighted by molar-refractivity contribution is 0.0964. The van der Waals surface area contributed by atoms with Gasteiger partial charge in [0, 0.05) is 18.0 Å². The van der Waals surface area contributed by atoms with Crippen LogP contribution in [0.3, 0.4) is 0 Å². The molecule has 110 valence electrons. The van der Waals surface area contributed by atoms with E-state index in [-0.39, 0.29) is 17.2 Å². The van der Waals surface area contributed by atoms with E-state index in [0.29, 0.717) is 16.5 Å². The molecule has 3 nitrogen and oxygen atoms in total. The molecule has 0 spiro atoms. The smallest absolute Gasteiger partial charge is 0.251 e. The fourth-order valence-corrected chi connectivity index (χ4v) is 2.37. The predicted octanol–water partition coefficient (Wildman–Crippen LogP) is 3.54. The van der Waals surface area contributed by atoms with Crippen LogP contribution in [0, 0.1) is 11.6 Å². The number of pyridine rings is 1. The molecular weight excluding hydrogens is 286 g/mol. The van der Waals surface area contributed by atoms with E-state index in [4.69, 9.17) is 0 Å². The van der Waals surface area contributed by atoms with Gasteiger partial charge in [0.1, 0.15) is 11.6 Å². The van der Waals surface area contributed by atoms with E-state index in [1.165, 1.54) is 31.3 Å². The molecule has 0 fully saturated rings. The Morgan fingerprint density at radius 3 is 2.36 bits per heavy atom. The number of benzene rings is 2. The topological polar surface area (TPSA) is 42.0 Å². The molecule has 0 aliphatic carbocycles. The van der Waals surface area contributed by atoms with Gasteiger partial charge in [-0.1, -0.05) is 12.1 Å². The van der Waals surface area contributed by atoms with Crippen molar-refractivity contribution in [2.45, 2.75) is 0 Å². The second kappa shape index (κ2) is 5.52. The number of hydrogen-bond donors (Lipinski definition) is 1. The molecule has 0 bridgehead atoms. The summed E-state index contributed by atoms with van der Waals surface area (Å²) in [6.07, 6.45) is 0. The molecule has 1 N–H and O–H groups in total. The number of aromatic nitrogens is 1. The van der Waals surface area contributed by atoms with Crippen LogP contribution in [0.15, 0.2) is 48.5 Å². The standard InChI is InChI=1S/C17H12F2N2O/c1-20-17(22)11-4-2-7-14-10(11)8-9-15(21-14)16-12(18)5-3-6-13(16)19/h2-9H,1H3,(H,20,22). The van der Waals surface area contributed by atoms with E-state index in [1.54, 1.807) is 24.3 Å². The van der Waals surface area contributed by atoms with Gasteiger partial charge in [-0.05, 0) is 36.4 Å². The molecular formula is C17H12F2N2O. The number of nitrogens with zero attached hydrogens (tertiary/aromatic N) is 1. The lowest BCUT2D eigenvalue weighted by Crippen LogP contribution is -2.18. The van der Waals surface area contributed by atoms with Crippen LogP contribution in [0.25, 0.3) is 22.2 Å². The molecule has 1 aromatic heterocycles. The van der Waals surface area contributed by atoms with Gasteiger partial charge in [0.05, 0.1) is 16.8 Å². The van der Waals surface area contributed by atoms with Crippen molar-refractivity contribution in [3.63, 3.8) is 0 Å². The van der Waals surface area contributed by atoms with Crippen molar-refractivity contribution >= 4 is 16.8 Å². The van der Waals surface area contributed by atoms with Crippen molar-refractivity contribution < 1.29 is 13.6 Å². The zero-order valence-corrected chi connectivity index (χ0v) is 11.7. The maximum absolute atomic E-state index is 13.9. The number of carbonyl (C=O) groups is 1. The fraction of sp³-hybridized carbons (Fsp3) is 0.0588. The van der Waals surface area contributed by atoms with Crippen LogP contribution in [-0.4, -0.2) is 17.9 Å². The number of halogens is 2. The Kier molecular flexibility index (Phi) is 3.55. The number of amides is 1. The molecule has 2 aromatic carbocycles. The summed E-state index contributed by atoms with van der Waals surface area (Å²) >= 11 is 0. The summed E-state index contributed by atoms with van der Waals surface area (Å²) in [5.74, 6) is -1.58. The summed E-state index contributed by atoms with van der Waals surface area (Å²) in [7, 11) is 1.54. The third kappa shape index (κ3) is 2.30. The van der Waals surface area contributed by atoms with Crippen molar-refractivity contribution in [3.05, 3.63) is 65.7 Å². The summed E-state index contributed by atoms with van der Waals surface area (Å²) in [6, 6.07) is 11.9. The van der Waals surface area contributed by atoms with Crippen LogP contribution >= 0.6 is 0 Å².